The molecule has 0 aromatic heterocycles. The number of nitrogens with zero attached hydrogens (tertiary/aromatic N) is 2. The zero-order valence-electron chi connectivity index (χ0n) is 13.8. The van der Waals surface area contributed by atoms with Gasteiger partial charge in [0.05, 0.1) is 5.54 Å². The van der Waals surface area contributed by atoms with Crippen LogP contribution in [0.25, 0.3) is 0 Å². The summed E-state index contributed by atoms with van der Waals surface area (Å²) in [6.45, 7) is 9.35. The fourth-order valence-electron chi connectivity index (χ4n) is 2.97. The first-order valence-electron chi connectivity index (χ1n) is 7.92. The first kappa shape index (κ1) is 17.7. The fraction of sp³-hybridized carbons (Fsp3) is 0.625. The van der Waals surface area contributed by atoms with Gasteiger partial charge in [0.1, 0.15) is 5.54 Å². The summed E-state index contributed by atoms with van der Waals surface area (Å²) in [4.78, 5) is 26.2. The summed E-state index contributed by atoms with van der Waals surface area (Å²) < 4.78 is 0. The maximum Gasteiger partial charge on any atom is 0.246 e. The molecule has 0 radical (unpaired) electrons. The van der Waals surface area contributed by atoms with Gasteiger partial charge >= 0.3 is 0 Å². The smallest absolute Gasteiger partial charge is 0.246 e. The van der Waals surface area contributed by atoms with Crippen LogP contribution in [-0.4, -0.2) is 64.2 Å². The van der Waals surface area contributed by atoms with E-state index in [1.165, 1.54) is 0 Å². The molecule has 2 aliphatic rings. The highest BCUT2D eigenvalue weighted by atomic mass is 16.5. The quantitative estimate of drug-likeness (QED) is 0.631. The van der Waals surface area contributed by atoms with E-state index in [0.29, 0.717) is 39.0 Å². The molecule has 0 aromatic rings. The van der Waals surface area contributed by atoms with Crippen molar-refractivity contribution in [3.8, 4) is 0 Å². The van der Waals surface area contributed by atoms with Gasteiger partial charge in [-0.1, -0.05) is 12.2 Å². The molecule has 2 atom stereocenters. The Morgan fingerprint density at radius 2 is 2.00 bits per heavy atom. The van der Waals surface area contributed by atoms with Gasteiger partial charge in [-0.25, -0.2) is 0 Å². The van der Waals surface area contributed by atoms with Crippen molar-refractivity contribution in [3.05, 3.63) is 24.9 Å². The van der Waals surface area contributed by atoms with Crippen molar-refractivity contribution in [2.24, 2.45) is 0 Å². The van der Waals surface area contributed by atoms with Crippen LogP contribution in [0.1, 0.15) is 26.7 Å². The van der Waals surface area contributed by atoms with Gasteiger partial charge in [0.25, 0.3) is 0 Å². The van der Waals surface area contributed by atoms with Gasteiger partial charge in [0.15, 0.2) is 0 Å². The van der Waals surface area contributed by atoms with Gasteiger partial charge in [0.2, 0.25) is 11.8 Å². The summed E-state index contributed by atoms with van der Waals surface area (Å²) >= 11 is 0. The molecule has 0 aliphatic carbocycles. The molecular formula is C16H26N4O3. The predicted octanol–water partition coefficient (Wildman–Crippen LogP) is 0.237. The zero-order chi connectivity index (χ0) is 17.1. The van der Waals surface area contributed by atoms with Crippen molar-refractivity contribution in [1.82, 2.24) is 20.6 Å². The minimum Gasteiger partial charge on any atom is -0.353 e. The third kappa shape index (κ3) is 3.46. The van der Waals surface area contributed by atoms with E-state index in [2.05, 4.69) is 17.2 Å². The lowest BCUT2D eigenvalue weighted by atomic mass is 9.93. The molecule has 2 aliphatic heterocycles. The van der Waals surface area contributed by atoms with Crippen LogP contribution in [0, 0.1) is 0 Å². The van der Waals surface area contributed by atoms with Crippen LogP contribution in [0.5, 0.6) is 0 Å². The lowest BCUT2D eigenvalue weighted by Gasteiger charge is -2.40. The maximum absolute atomic E-state index is 12.6. The topological polar surface area (TPSA) is 84.9 Å². The minimum absolute atomic E-state index is 0.0148. The molecule has 128 valence electrons. The summed E-state index contributed by atoms with van der Waals surface area (Å²) in [6, 6.07) is 0. The third-order valence-electron chi connectivity index (χ3n) is 4.62. The fourth-order valence-corrected chi connectivity index (χ4v) is 2.97. The molecule has 23 heavy (non-hydrogen) atoms. The molecule has 7 nitrogen and oxygen atoms in total. The van der Waals surface area contributed by atoms with E-state index in [9.17, 15) is 14.8 Å². The van der Waals surface area contributed by atoms with E-state index in [1.807, 2.05) is 6.92 Å². The van der Waals surface area contributed by atoms with Gasteiger partial charge in [-0.3, -0.25) is 9.59 Å². The lowest BCUT2D eigenvalue weighted by molar-refractivity contribution is -0.189. The molecule has 0 bridgehead atoms. The Kier molecular flexibility index (Phi) is 5.23. The highest BCUT2D eigenvalue weighted by Crippen LogP contribution is 2.22. The molecule has 3 N–H and O–H groups in total. The van der Waals surface area contributed by atoms with Crippen molar-refractivity contribution in [1.29, 1.82) is 0 Å². The standard InChI is InChI=1S/C16H26N4O3/c1-4-6-15(2)14(22)19(11-9-18-15)10-5-7-16(3)13(21)17-8-12-20(16)23/h4-5,10,18,23H,1,6-9,11-12H2,2-3H3,(H,17,21)/b10-5+/t15-,16-/m0/s1. The number of carbonyl (C=O) groups excluding carboxylic acids is 2. The molecule has 2 amide bonds. The van der Waals surface area contributed by atoms with Crippen molar-refractivity contribution in [2.45, 2.75) is 37.8 Å². The lowest BCUT2D eigenvalue weighted by Crippen LogP contribution is -2.62. The van der Waals surface area contributed by atoms with Crippen LogP contribution in [0.2, 0.25) is 0 Å². The largest absolute Gasteiger partial charge is 0.353 e. The van der Waals surface area contributed by atoms with Crippen LogP contribution < -0.4 is 10.6 Å². The van der Waals surface area contributed by atoms with Crippen LogP contribution in [0.15, 0.2) is 24.9 Å². The molecule has 0 spiro atoms. The second kappa shape index (κ2) is 6.82. The Balaban J connectivity index is 2.03. The van der Waals surface area contributed by atoms with E-state index in [0.717, 1.165) is 5.06 Å². The molecule has 0 unspecified atom stereocenters. The van der Waals surface area contributed by atoms with Crippen LogP contribution in [0.4, 0.5) is 0 Å². The summed E-state index contributed by atoms with van der Waals surface area (Å²) in [5.41, 5.74) is -1.64. The molecule has 2 fully saturated rings. The zero-order valence-corrected chi connectivity index (χ0v) is 13.8. The predicted molar refractivity (Wildman–Crippen MR) is 86.6 cm³/mol. The highest BCUT2D eigenvalue weighted by molar-refractivity contribution is 5.88. The summed E-state index contributed by atoms with van der Waals surface area (Å²) in [5, 5.41) is 17.0. The second-order valence-corrected chi connectivity index (χ2v) is 6.49. The molecule has 7 heteroatoms. The van der Waals surface area contributed by atoms with Crippen LogP contribution in [0.3, 0.4) is 0 Å². The van der Waals surface area contributed by atoms with Gasteiger partial charge in [-0.05, 0) is 26.7 Å². The molecule has 0 aromatic carbocycles. The number of hydrogen-bond acceptors (Lipinski definition) is 5. The van der Waals surface area contributed by atoms with Crippen LogP contribution >= 0.6 is 0 Å². The van der Waals surface area contributed by atoms with E-state index in [-0.39, 0.29) is 11.8 Å². The van der Waals surface area contributed by atoms with Gasteiger partial charge < -0.3 is 20.7 Å². The summed E-state index contributed by atoms with van der Waals surface area (Å²) in [6.07, 6.45) is 6.09. The summed E-state index contributed by atoms with van der Waals surface area (Å²) in [7, 11) is 0. The second-order valence-electron chi connectivity index (χ2n) is 6.49. The van der Waals surface area contributed by atoms with Crippen LogP contribution in [-0.2, 0) is 9.59 Å². The molecular weight excluding hydrogens is 296 g/mol. The maximum atomic E-state index is 12.6. The first-order valence-corrected chi connectivity index (χ1v) is 7.92. The Bertz CT molecular complexity index is 521. The molecule has 2 rings (SSSR count). The SMILES string of the molecule is C=CC[C@]1(C)NCCN(/C=C/C[C@@]2(C)C(=O)NCCN2O)C1=O. The molecule has 2 heterocycles. The van der Waals surface area contributed by atoms with Gasteiger partial charge in [0, 0.05) is 32.4 Å². The third-order valence-corrected chi connectivity index (χ3v) is 4.62. The van der Waals surface area contributed by atoms with Gasteiger partial charge in [-0.2, -0.15) is 5.06 Å². The van der Waals surface area contributed by atoms with Crippen molar-refractivity contribution in [2.75, 3.05) is 26.2 Å². The normalized spacial score (nSPS) is 33.1. The summed E-state index contributed by atoms with van der Waals surface area (Å²) in [5.74, 6) is -0.224. The molecule has 0 saturated carbocycles. The number of hydroxylamine groups is 2. The number of carbonyl (C=O) groups is 2. The Hall–Kier alpha value is -1.70. The Morgan fingerprint density at radius 1 is 1.26 bits per heavy atom. The average Bonchev–Trinajstić information content (AvgIpc) is 2.50. The molecule has 2 saturated heterocycles. The van der Waals surface area contributed by atoms with E-state index in [4.69, 9.17) is 0 Å². The van der Waals surface area contributed by atoms with Crippen molar-refractivity contribution in [3.63, 3.8) is 0 Å². The minimum atomic E-state index is -1.00. The van der Waals surface area contributed by atoms with E-state index in [1.54, 1.807) is 30.2 Å². The monoisotopic (exact) mass is 322 g/mol. The Labute approximate surface area is 137 Å². The van der Waals surface area contributed by atoms with Gasteiger partial charge in [-0.15, -0.1) is 6.58 Å². The number of amides is 2. The van der Waals surface area contributed by atoms with Crippen molar-refractivity contribution < 1.29 is 14.8 Å². The average molecular weight is 322 g/mol. The van der Waals surface area contributed by atoms with Crippen molar-refractivity contribution >= 4 is 11.8 Å². The number of hydrogen-bond donors (Lipinski definition) is 3. The number of rotatable bonds is 5. The van der Waals surface area contributed by atoms with E-state index >= 15 is 0 Å². The van der Waals surface area contributed by atoms with E-state index < -0.39 is 11.1 Å². The Morgan fingerprint density at radius 3 is 2.65 bits per heavy atom. The number of nitrogens with one attached hydrogen (secondary N) is 2. The number of piperazine rings is 2. The highest BCUT2D eigenvalue weighted by Gasteiger charge is 2.41. The first-order chi connectivity index (χ1) is 10.8.